The molecule has 0 radical (unpaired) electrons. The number of nitrogens with one attached hydrogen (secondary N) is 2. The van der Waals surface area contributed by atoms with Gasteiger partial charge in [-0.1, -0.05) is 12.1 Å². The summed E-state index contributed by atoms with van der Waals surface area (Å²) in [4.78, 5) is 0. The number of nitriles is 1. The summed E-state index contributed by atoms with van der Waals surface area (Å²) in [5.74, 6) is 0. The SMILES string of the molecule is CC(NS(=O)(=O)c1ccn[nH]1)c1ccc(C#N)cc1. The number of H-pyrrole nitrogens is 1. The van der Waals surface area contributed by atoms with Gasteiger partial charge in [0.1, 0.15) is 0 Å². The van der Waals surface area contributed by atoms with Gasteiger partial charge in [-0.2, -0.15) is 10.4 Å². The minimum absolute atomic E-state index is 0.0213. The molecule has 98 valence electrons. The van der Waals surface area contributed by atoms with E-state index in [0.29, 0.717) is 5.56 Å². The number of nitrogens with zero attached hydrogens (tertiary/aromatic N) is 2. The number of aromatic amines is 1. The summed E-state index contributed by atoms with van der Waals surface area (Å²) in [7, 11) is -3.61. The summed E-state index contributed by atoms with van der Waals surface area (Å²) in [6.07, 6.45) is 1.38. The zero-order valence-electron chi connectivity index (χ0n) is 10.2. The molecule has 7 heteroatoms. The van der Waals surface area contributed by atoms with Crippen LogP contribution < -0.4 is 4.72 Å². The maximum Gasteiger partial charge on any atom is 0.258 e. The number of sulfonamides is 1. The third-order valence-electron chi connectivity index (χ3n) is 2.64. The molecule has 0 amide bonds. The van der Waals surface area contributed by atoms with Crippen LogP contribution in [0, 0.1) is 11.3 Å². The Labute approximate surface area is 111 Å². The predicted octanol–water partition coefficient (Wildman–Crippen LogP) is 1.32. The lowest BCUT2D eigenvalue weighted by Gasteiger charge is -2.13. The van der Waals surface area contributed by atoms with Crippen LogP contribution in [0.2, 0.25) is 0 Å². The molecule has 1 aromatic heterocycles. The van der Waals surface area contributed by atoms with Crippen LogP contribution in [0.3, 0.4) is 0 Å². The van der Waals surface area contributed by atoms with Gasteiger partial charge in [-0.25, -0.2) is 13.1 Å². The molecule has 0 aliphatic heterocycles. The Morgan fingerprint density at radius 1 is 1.32 bits per heavy atom. The van der Waals surface area contributed by atoms with Gasteiger partial charge in [-0.3, -0.25) is 5.10 Å². The Morgan fingerprint density at radius 3 is 2.53 bits per heavy atom. The van der Waals surface area contributed by atoms with Gasteiger partial charge in [0.05, 0.1) is 17.8 Å². The van der Waals surface area contributed by atoms with Crippen molar-refractivity contribution in [3.05, 3.63) is 47.7 Å². The van der Waals surface area contributed by atoms with E-state index in [1.165, 1.54) is 12.3 Å². The van der Waals surface area contributed by atoms with Gasteiger partial charge in [0, 0.05) is 6.04 Å². The van der Waals surface area contributed by atoms with Gasteiger partial charge in [-0.15, -0.1) is 0 Å². The van der Waals surface area contributed by atoms with Crippen molar-refractivity contribution in [2.24, 2.45) is 0 Å². The highest BCUT2D eigenvalue weighted by atomic mass is 32.2. The Bertz CT molecular complexity index is 684. The Morgan fingerprint density at radius 2 is 2.00 bits per heavy atom. The maximum atomic E-state index is 12.0. The van der Waals surface area contributed by atoms with E-state index in [2.05, 4.69) is 14.9 Å². The van der Waals surface area contributed by atoms with E-state index >= 15 is 0 Å². The third-order valence-corrected chi connectivity index (χ3v) is 4.11. The molecule has 0 aliphatic rings. The monoisotopic (exact) mass is 276 g/mol. The summed E-state index contributed by atoms with van der Waals surface area (Å²) in [5.41, 5.74) is 1.31. The molecule has 0 aliphatic carbocycles. The molecule has 2 rings (SSSR count). The fourth-order valence-corrected chi connectivity index (χ4v) is 2.74. The molecule has 2 aromatic rings. The lowest BCUT2D eigenvalue weighted by molar-refractivity contribution is 0.562. The molecule has 6 nitrogen and oxygen atoms in total. The zero-order chi connectivity index (χ0) is 13.9. The van der Waals surface area contributed by atoms with E-state index < -0.39 is 16.1 Å². The van der Waals surface area contributed by atoms with Crippen LogP contribution in [0.15, 0.2) is 41.6 Å². The summed E-state index contributed by atoms with van der Waals surface area (Å²) in [6, 6.07) is 9.73. The fourth-order valence-electron chi connectivity index (χ4n) is 1.60. The van der Waals surface area contributed by atoms with E-state index in [9.17, 15) is 8.42 Å². The first-order valence-electron chi connectivity index (χ1n) is 5.55. The Hall–Kier alpha value is -2.17. The highest BCUT2D eigenvalue weighted by Crippen LogP contribution is 2.16. The number of rotatable bonds is 4. The van der Waals surface area contributed by atoms with Crippen LogP contribution >= 0.6 is 0 Å². The molecule has 0 saturated heterocycles. The molecule has 0 spiro atoms. The van der Waals surface area contributed by atoms with Crippen LogP contribution in [-0.4, -0.2) is 18.6 Å². The molecule has 0 bridgehead atoms. The molecule has 1 atom stereocenters. The standard InChI is InChI=1S/C12H12N4O2S/c1-9(11-4-2-10(8-13)3-5-11)16-19(17,18)12-6-7-14-15-12/h2-7,9,16H,1H3,(H,14,15). The fraction of sp³-hybridized carbons (Fsp3) is 0.167. The van der Waals surface area contributed by atoms with Crippen molar-refractivity contribution >= 4 is 10.0 Å². The molecule has 0 saturated carbocycles. The third kappa shape index (κ3) is 2.99. The molecule has 0 fully saturated rings. The first-order valence-corrected chi connectivity index (χ1v) is 7.03. The van der Waals surface area contributed by atoms with Crippen molar-refractivity contribution in [3.63, 3.8) is 0 Å². The molecule has 19 heavy (non-hydrogen) atoms. The van der Waals surface area contributed by atoms with Crippen LogP contribution in [0.25, 0.3) is 0 Å². The van der Waals surface area contributed by atoms with Gasteiger partial charge in [-0.05, 0) is 30.7 Å². The Kier molecular flexibility index (Phi) is 3.64. The molecule has 1 heterocycles. The molecule has 1 aromatic carbocycles. The number of hydrogen-bond acceptors (Lipinski definition) is 4. The average molecular weight is 276 g/mol. The summed E-state index contributed by atoms with van der Waals surface area (Å²) in [6.45, 7) is 1.73. The number of hydrogen-bond donors (Lipinski definition) is 2. The van der Waals surface area contributed by atoms with Crippen LogP contribution in [-0.2, 0) is 10.0 Å². The topological polar surface area (TPSA) is 98.6 Å². The van der Waals surface area contributed by atoms with Crippen molar-refractivity contribution in [1.29, 1.82) is 5.26 Å². The lowest BCUT2D eigenvalue weighted by Crippen LogP contribution is -2.27. The largest absolute Gasteiger partial charge is 0.266 e. The normalized spacial score (nSPS) is 12.8. The molecular weight excluding hydrogens is 264 g/mol. The minimum atomic E-state index is -3.61. The van der Waals surface area contributed by atoms with E-state index in [-0.39, 0.29) is 5.03 Å². The van der Waals surface area contributed by atoms with E-state index in [1.54, 1.807) is 31.2 Å². The van der Waals surface area contributed by atoms with Gasteiger partial charge >= 0.3 is 0 Å². The van der Waals surface area contributed by atoms with Gasteiger partial charge in [0.15, 0.2) is 5.03 Å². The maximum absolute atomic E-state index is 12.0. The van der Waals surface area contributed by atoms with E-state index in [1.807, 2.05) is 6.07 Å². The predicted molar refractivity (Wildman–Crippen MR) is 68.5 cm³/mol. The highest BCUT2D eigenvalue weighted by Gasteiger charge is 2.19. The second-order valence-corrected chi connectivity index (χ2v) is 5.68. The Balaban J connectivity index is 2.17. The first-order chi connectivity index (χ1) is 9.03. The molecule has 1 unspecified atom stereocenters. The summed E-state index contributed by atoms with van der Waals surface area (Å²) in [5, 5.41) is 14.7. The van der Waals surface area contributed by atoms with Crippen molar-refractivity contribution in [3.8, 4) is 6.07 Å². The van der Waals surface area contributed by atoms with Gasteiger partial charge < -0.3 is 0 Å². The first kappa shape index (κ1) is 13.3. The van der Waals surface area contributed by atoms with Crippen molar-refractivity contribution < 1.29 is 8.42 Å². The molecular formula is C12H12N4O2S. The zero-order valence-corrected chi connectivity index (χ0v) is 11.0. The van der Waals surface area contributed by atoms with Gasteiger partial charge in [0.25, 0.3) is 10.0 Å². The number of aromatic nitrogens is 2. The van der Waals surface area contributed by atoms with E-state index in [0.717, 1.165) is 5.56 Å². The summed E-state index contributed by atoms with van der Waals surface area (Å²) >= 11 is 0. The van der Waals surface area contributed by atoms with Crippen molar-refractivity contribution in [2.45, 2.75) is 18.0 Å². The van der Waals surface area contributed by atoms with Crippen LogP contribution in [0.1, 0.15) is 24.1 Å². The van der Waals surface area contributed by atoms with Crippen LogP contribution in [0.5, 0.6) is 0 Å². The quantitative estimate of drug-likeness (QED) is 0.879. The van der Waals surface area contributed by atoms with Gasteiger partial charge in [0.2, 0.25) is 0 Å². The van der Waals surface area contributed by atoms with Crippen molar-refractivity contribution in [2.75, 3.05) is 0 Å². The number of benzene rings is 1. The second kappa shape index (κ2) is 5.22. The second-order valence-electron chi connectivity index (χ2n) is 4.00. The summed E-state index contributed by atoms with van der Waals surface area (Å²) < 4.78 is 26.5. The van der Waals surface area contributed by atoms with E-state index in [4.69, 9.17) is 5.26 Å². The minimum Gasteiger partial charge on any atom is -0.266 e. The highest BCUT2D eigenvalue weighted by molar-refractivity contribution is 7.89. The molecule has 2 N–H and O–H groups in total. The smallest absolute Gasteiger partial charge is 0.258 e. The van der Waals surface area contributed by atoms with Crippen molar-refractivity contribution in [1.82, 2.24) is 14.9 Å². The average Bonchev–Trinajstić information content (AvgIpc) is 2.93. The van der Waals surface area contributed by atoms with Crippen LogP contribution in [0.4, 0.5) is 0 Å². The lowest BCUT2D eigenvalue weighted by atomic mass is 10.1.